The Balaban J connectivity index is 2.79. The van der Waals surface area contributed by atoms with Gasteiger partial charge in [-0.2, -0.15) is 0 Å². The minimum absolute atomic E-state index is 0.0117. The minimum Gasteiger partial charge on any atom is -0.491 e. The third-order valence-electron chi connectivity index (χ3n) is 2.86. The maximum atomic E-state index is 11.3. The van der Waals surface area contributed by atoms with E-state index in [1.165, 1.54) is 24.3 Å². The van der Waals surface area contributed by atoms with Crippen molar-refractivity contribution in [2.45, 2.75) is 37.2 Å². The highest BCUT2D eigenvalue weighted by atomic mass is 32.2. The van der Waals surface area contributed by atoms with Crippen molar-refractivity contribution in [2.75, 3.05) is 12.9 Å². The van der Waals surface area contributed by atoms with Gasteiger partial charge in [0.2, 0.25) is 0 Å². The Morgan fingerprint density at radius 2 is 1.86 bits per heavy atom. The Labute approximate surface area is 125 Å². The molecule has 21 heavy (non-hydrogen) atoms. The molecule has 0 aliphatic carbocycles. The maximum absolute atomic E-state index is 11.3. The molecule has 6 nitrogen and oxygen atoms in total. The lowest BCUT2D eigenvalue weighted by Crippen LogP contribution is -2.56. The van der Waals surface area contributed by atoms with Crippen LogP contribution in [0.1, 0.15) is 20.8 Å². The van der Waals surface area contributed by atoms with Crippen molar-refractivity contribution in [3.63, 3.8) is 0 Å². The number of carbonyl (C=O) groups is 1. The molecule has 0 bridgehead atoms. The fourth-order valence-corrected chi connectivity index (χ4v) is 2.44. The standard InChI is InChI=1S/C14H21NO5S/c1-10(2)15-14(3,13(16)17)9-20-11-5-7-12(8-6-11)21(4,18)19/h5-8,10,15H,9H2,1-4H3,(H,16,17). The first-order valence-electron chi connectivity index (χ1n) is 6.48. The monoisotopic (exact) mass is 315 g/mol. The van der Waals surface area contributed by atoms with Crippen molar-refractivity contribution in [1.82, 2.24) is 5.32 Å². The van der Waals surface area contributed by atoms with Crippen molar-refractivity contribution >= 4 is 15.8 Å². The summed E-state index contributed by atoms with van der Waals surface area (Å²) in [7, 11) is -3.25. The summed E-state index contributed by atoms with van der Waals surface area (Å²) in [6, 6.07) is 5.86. The van der Waals surface area contributed by atoms with Gasteiger partial charge >= 0.3 is 5.97 Å². The molecule has 1 unspecified atom stereocenters. The molecule has 1 atom stereocenters. The van der Waals surface area contributed by atoms with E-state index in [-0.39, 0.29) is 17.5 Å². The van der Waals surface area contributed by atoms with Gasteiger partial charge in [-0.3, -0.25) is 10.1 Å². The van der Waals surface area contributed by atoms with Crippen LogP contribution in [-0.4, -0.2) is 43.9 Å². The maximum Gasteiger partial charge on any atom is 0.327 e. The number of hydrogen-bond acceptors (Lipinski definition) is 5. The SMILES string of the molecule is CC(C)NC(C)(COc1ccc(S(C)(=O)=O)cc1)C(=O)O. The number of carboxylic acids is 1. The van der Waals surface area contributed by atoms with E-state index in [1.54, 1.807) is 6.92 Å². The normalized spacial score (nSPS) is 14.7. The van der Waals surface area contributed by atoms with E-state index in [2.05, 4.69) is 5.32 Å². The Kier molecular flexibility index (Phi) is 5.36. The second-order valence-electron chi connectivity index (χ2n) is 5.47. The topological polar surface area (TPSA) is 92.7 Å². The summed E-state index contributed by atoms with van der Waals surface area (Å²) in [5.41, 5.74) is -1.22. The number of ether oxygens (including phenoxy) is 1. The molecule has 1 aromatic rings. The van der Waals surface area contributed by atoms with E-state index in [9.17, 15) is 18.3 Å². The number of rotatable bonds is 7. The molecule has 1 aromatic carbocycles. The lowest BCUT2D eigenvalue weighted by Gasteiger charge is -2.28. The Hall–Kier alpha value is -1.60. The smallest absolute Gasteiger partial charge is 0.327 e. The largest absolute Gasteiger partial charge is 0.491 e. The number of carboxylic acid groups (broad SMARTS) is 1. The molecular weight excluding hydrogens is 294 g/mol. The molecule has 118 valence electrons. The van der Waals surface area contributed by atoms with Crippen molar-refractivity contribution in [1.29, 1.82) is 0 Å². The molecule has 0 spiro atoms. The third-order valence-corrected chi connectivity index (χ3v) is 3.99. The van der Waals surface area contributed by atoms with Crippen molar-refractivity contribution in [3.8, 4) is 5.75 Å². The van der Waals surface area contributed by atoms with Gasteiger partial charge in [0.1, 0.15) is 17.9 Å². The highest BCUT2D eigenvalue weighted by Gasteiger charge is 2.34. The molecule has 0 aliphatic rings. The van der Waals surface area contributed by atoms with Crippen LogP contribution in [0.2, 0.25) is 0 Å². The molecule has 7 heteroatoms. The first kappa shape index (κ1) is 17.5. The Morgan fingerprint density at radius 1 is 1.33 bits per heavy atom. The number of benzene rings is 1. The van der Waals surface area contributed by atoms with E-state index in [0.29, 0.717) is 5.75 Å². The number of hydrogen-bond donors (Lipinski definition) is 2. The quantitative estimate of drug-likeness (QED) is 0.788. The molecule has 2 N–H and O–H groups in total. The van der Waals surface area contributed by atoms with Crippen molar-refractivity contribution in [3.05, 3.63) is 24.3 Å². The van der Waals surface area contributed by atoms with Gasteiger partial charge in [-0.1, -0.05) is 0 Å². The van der Waals surface area contributed by atoms with Crippen LogP contribution in [0.4, 0.5) is 0 Å². The van der Waals surface area contributed by atoms with Crippen LogP contribution in [0.25, 0.3) is 0 Å². The molecular formula is C14H21NO5S. The summed E-state index contributed by atoms with van der Waals surface area (Å²) >= 11 is 0. The summed E-state index contributed by atoms with van der Waals surface area (Å²) in [5, 5.41) is 12.2. The van der Waals surface area contributed by atoms with Gasteiger partial charge in [0.25, 0.3) is 0 Å². The second kappa shape index (κ2) is 6.44. The molecule has 0 saturated carbocycles. The summed E-state index contributed by atoms with van der Waals surface area (Å²) < 4.78 is 28.1. The van der Waals surface area contributed by atoms with E-state index in [4.69, 9.17) is 4.74 Å². The van der Waals surface area contributed by atoms with Gasteiger partial charge in [-0.05, 0) is 45.0 Å². The van der Waals surface area contributed by atoms with Crippen LogP contribution in [0.3, 0.4) is 0 Å². The third kappa shape index (κ3) is 5.02. The van der Waals surface area contributed by atoms with Crippen LogP contribution < -0.4 is 10.1 Å². The fourth-order valence-electron chi connectivity index (χ4n) is 1.81. The number of aliphatic carboxylic acids is 1. The van der Waals surface area contributed by atoms with Gasteiger partial charge < -0.3 is 9.84 Å². The fraction of sp³-hybridized carbons (Fsp3) is 0.500. The van der Waals surface area contributed by atoms with Gasteiger partial charge in [-0.25, -0.2) is 8.42 Å². The number of nitrogens with one attached hydrogen (secondary N) is 1. The molecule has 0 amide bonds. The molecule has 1 rings (SSSR count). The predicted molar refractivity (Wildman–Crippen MR) is 79.4 cm³/mol. The second-order valence-corrected chi connectivity index (χ2v) is 7.48. The van der Waals surface area contributed by atoms with Gasteiger partial charge in [-0.15, -0.1) is 0 Å². The Morgan fingerprint density at radius 3 is 2.24 bits per heavy atom. The van der Waals surface area contributed by atoms with Gasteiger partial charge in [0.05, 0.1) is 4.90 Å². The van der Waals surface area contributed by atoms with E-state index in [0.717, 1.165) is 6.26 Å². The summed E-state index contributed by atoms with van der Waals surface area (Å²) in [6.07, 6.45) is 1.12. The summed E-state index contributed by atoms with van der Waals surface area (Å²) in [6.45, 7) is 5.17. The highest BCUT2D eigenvalue weighted by molar-refractivity contribution is 7.90. The van der Waals surface area contributed by atoms with Crippen LogP contribution >= 0.6 is 0 Å². The van der Waals surface area contributed by atoms with E-state index >= 15 is 0 Å². The lowest BCUT2D eigenvalue weighted by molar-refractivity contribution is -0.145. The first-order valence-corrected chi connectivity index (χ1v) is 8.38. The van der Waals surface area contributed by atoms with Crippen LogP contribution in [0.5, 0.6) is 5.75 Å². The van der Waals surface area contributed by atoms with Crippen molar-refractivity contribution < 1.29 is 23.1 Å². The van der Waals surface area contributed by atoms with E-state index in [1.807, 2.05) is 13.8 Å². The molecule has 0 radical (unpaired) electrons. The Bertz CT molecular complexity index is 594. The number of sulfone groups is 1. The average molecular weight is 315 g/mol. The van der Waals surface area contributed by atoms with Crippen LogP contribution in [0.15, 0.2) is 29.2 Å². The lowest BCUT2D eigenvalue weighted by atomic mass is 10.0. The molecule has 0 fully saturated rings. The predicted octanol–water partition coefficient (Wildman–Crippen LogP) is 1.31. The molecule has 0 aromatic heterocycles. The average Bonchev–Trinajstić information content (AvgIpc) is 2.35. The zero-order chi connectivity index (χ0) is 16.3. The molecule has 0 saturated heterocycles. The van der Waals surface area contributed by atoms with E-state index < -0.39 is 21.3 Å². The van der Waals surface area contributed by atoms with Crippen molar-refractivity contribution in [2.24, 2.45) is 0 Å². The zero-order valence-corrected chi connectivity index (χ0v) is 13.4. The molecule has 0 heterocycles. The summed E-state index contributed by atoms with van der Waals surface area (Å²) in [5.74, 6) is -0.593. The minimum atomic E-state index is -3.25. The summed E-state index contributed by atoms with van der Waals surface area (Å²) in [4.78, 5) is 11.5. The zero-order valence-electron chi connectivity index (χ0n) is 12.6. The first-order chi connectivity index (χ1) is 9.54. The van der Waals surface area contributed by atoms with Gasteiger partial charge in [0.15, 0.2) is 9.84 Å². The van der Waals surface area contributed by atoms with Gasteiger partial charge in [0, 0.05) is 12.3 Å². The highest BCUT2D eigenvalue weighted by Crippen LogP contribution is 2.17. The van der Waals surface area contributed by atoms with Crippen LogP contribution in [-0.2, 0) is 14.6 Å². The van der Waals surface area contributed by atoms with Crippen LogP contribution in [0, 0.1) is 0 Å². The molecule has 0 aliphatic heterocycles.